The lowest BCUT2D eigenvalue weighted by Gasteiger charge is -2.14. The molecule has 0 aromatic heterocycles. The van der Waals surface area contributed by atoms with Gasteiger partial charge in [-0.05, 0) is 101 Å². The number of aliphatic imine (C=N–C) groups is 1. The summed E-state index contributed by atoms with van der Waals surface area (Å²) in [5.74, 6) is 0. The Bertz CT molecular complexity index is 1750. The van der Waals surface area contributed by atoms with Crippen molar-refractivity contribution < 1.29 is 0 Å². The Hall–Kier alpha value is -4.49. The number of fused-ring (bicyclic) bond motifs is 1. The lowest BCUT2D eigenvalue weighted by Crippen LogP contribution is -2.03. The van der Waals surface area contributed by atoms with E-state index in [-0.39, 0.29) is 6.04 Å². The molecule has 5 aromatic carbocycles. The summed E-state index contributed by atoms with van der Waals surface area (Å²) in [5, 5.41) is 0. The van der Waals surface area contributed by atoms with Crippen LogP contribution >= 0.6 is 0 Å². The average Bonchev–Trinajstić information content (AvgIpc) is 3.42. The van der Waals surface area contributed by atoms with Crippen LogP contribution in [0.2, 0.25) is 0 Å². The van der Waals surface area contributed by atoms with Crippen molar-refractivity contribution in [2.75, 3.05) is 0 Å². The van der Waals surface area contributed by atoms with Crippen LogP contribution in [0.15, 0.2) is 121 Å². The predicted octanol–water partition coefficient (Wildman–Crippen LogP) is 11.3. The van der Waals surface area contributed by atoms with Gasteiger partial charge in [0.1, 0.15) is 0 Å². The molecule has 1 aliphatic rings. The molecule has 42 heavy (non-hydrogen) atoms. The van der Waals surface area contributed by atoms with Gasteiger partial charge in [-0.25, -0.2) is 0 Å². The number of hydrogen-bond acceptors (Lipinski definition) is 1. The zero-order valence-corrected chi connectivity index (χ0v) is 25.0. The SMILES string of the molecule is C=Cc1ccccc1C1=NC(CC)c2ccc(-c3cc(-c4ccc(C)cc4)cc(-c4ccc(CCCC)cc4)c3)cc21. The van der Waals surface area contributed by atoms with E-state index in [2.05, 4.69) is 137 Å². The fourth-order valence-corrected chi connectivity index (χ4v) is 6.06. The van der Waals surface area contributed by atoms with Crippen LogP contribution in [-0.2, 0) is 6.42 Å². The number of hydrogen-bond donors (Lipinski definition) is 0. The first-order valence-electron chi connectivity index (χ1n) is 15.3. The van der Waals surface area contributed by atoms with Gasteiger partial charge in [0.25, 0.3) is 0 Å². The van der Waals surface area contributed by atoms with Gasteiger partial charge >= 0.3 is 0 Å². The van der Waals surface area contributed by atoms with Crippen LogP contribution in [0.1, 0.15) is 72.5 Å². The molecule has 0 aliphatic carbocycles. The van der Waals surface area contributed by atoms with E-state index in [1.54, 1.807) is 0 Å². The minimum Gasteiger partial charge on any atom is -0.276 e. The maximum absolute atomic E-state index is 5.22. The van der Waals surface area contributed by atoms with E-state index >= 15 is 0 Å². The van der Waals surface area contributed by atoms with Gasteiger partial charge in [0.05, 0.1) is 11.8 Å². The molecule has 5 aromatic rings. The third-order valence-electron chi connectivity index (χ3n) is 8.53. The third kappa shape index (κ3) is 5.52. The Morgan fingerprint density at radius 3 is 1.93 bits per heavy atom. The van der Waals surface area contributed by atoms with Crippen LogP contribution in [0.3, 0.4) is 0 Å². The summed E-state index contributed by atoms with van der Waals surface area (Å²) in [6, 6.07) is 40.6. The van der Waals surface area contributed by atoms with Crippen molar-refractivity contribution in [1.82, 2.24) is 0 Å². The maximum Gasteiger partial charge on any atom is 0.0760 e. The van der Waals surface area contributed by atoms with E-state index in [1.807, 2.05) is 6.08 Å². The van der Waals surface area contributed by atoms with Gasteiger partial charge in [0.15, 0.2) is 0 Å². The van der Waals surface area contributed by atoms with Gasteiger partial charge in [-0.3, -0.25) is 4.99 Å². The second kappa shape index (κ2) is 12.2. The average molecular weight is 546 g/mol. The summed E-state index contributed by atoms with van der Waals surface area (Å²) in [5.41, 5.74) is 16.0. The summed E-state index contributed by atoms with van der Waals surface area (Å²) in [6.07, 6.45) is 6.50. The highest BCUT2D eigenvalue weighted by Gasteiger charge is 2.26. The molecule has 0 saturated heterocycles. The van der Waals surface area contributed by atoms with Gasteiger partial charge < -0.3 is 0 Å². The normalized spacial score (nSPS) is 14.0. The predicted molar refractivity (Wildman–Crippen MR) is 181 cm³/mol. The molecular weight excluding hydrogens is 506 g/mol. The zero-order valence-electron chi connectivity index (χ0n) is 25.0. The quantitative estimate of drug-likeness (QED) is 0.175. The number of nitrogens with zero attached hydrogens (tertiary/aromatic N) is 1. The van der Waals surface area contributed by atoms with E-state index < -0.39 is 0 Å². The maximum atomic E-state index is 5.22. The van der Waals surface area contributed by atoms with E-state index in [0.717, 1.165) is 29.7 Å². The molecule has 208 valence electrons. The Labute approximate surface area is 251 Å². The van der Waals surface area contributed by atoms with Crippen molar-refractivity contribution in [3.05, 3.63) is 149 Å². The zero-order chi connectivity index (χ0) is 29.1. The lowest BCUT2D eigenvalue weighted by molar-refractivity contribution is 0.716. The summed E-state index contributed by atoms with van der Waals surface area (Å²) >= 11 is 0. The Kier molecular flexibility index (Phi) is 8.02. The minimum absolute atomic E-state index is 0.183. The minimum atomic E-state index is 0.183. The third-order valence-corrected chi connectivity index (χ3v) is 8.53. The number of unbranched alkanes of at least 4 members (excludes halogenated alkanes) is 1. The van der Waals surface area contributed by atoms with Gasteiger partial charge in [-0.2, -0.15) is 0 Å². The van der Waals surface area contributed by atoms with E-state index in [0.29, 0.717) is 0 Å². The van der Waals surface area contributed by atoms with Crippen LogP contribution < -0.4 is 0 Å². The highest BCUT2D eigenvalue weighted by Crippen LogP contribution is 2.39. The van der Waals surface area contributed by atoms with Gasteiger partial charge in [-0.1, -0.05) is 123 Å². The molecule has 0 spiro atoms. The van der Waals surface area contributed by atoms with Crippen molar-refractivity contribution in [3.8, 4) is 33.4 Å². The summed E-state index contributed by atoms with van der Waals surface area (Å²) < 4.78 is 0. The van der Waals surface area contributed by atoms with Gasteiger partial charge in [0.2, 0.25) is 0 Å². The Balaban J connectivity index is 1.47. The molecule has 0 fully saturated rings. The molecule has 1 heteroatoms. The fraction of sp³-hybridized carbons (Fsp3) is 0.195. The Morgan fingerprint density at radius 1 is 0.667 bits per heavy atom. The van der Waals surface area contributed by atoms with Crippen molar-refractivity contribution in [2.24, 2.45) is 4.99 Å². The van der Waals surface area contributed by atoms with Crippen molar-refractivity contribution in [1.29, 1.82) is 0 Å². The summed E-state index contributed by atoms with van der Waals surface area (Å²) in [6.45, 7) is 10.7. The molecule has 1 heterocycles. The molecule has 1 aliphatic heterocycles. The van der Waals surface area contributed by atoms with Gasteiger partial charge in [0, 0.05) is 11.1 Å². The van der Waals surface area contributed by atoms with Crippen LogP contribution in [0, 0.1) is 6.92 Å². The number of aryl methyl sites for hydroxylation is 2. The lowest BCUT2D eigenvalue weighted by atomic mass is 9.89. The molecule has 6 rings (SSSR count). The molecular formula is C41H39N. The smallest absolute Gasteiger partial charge is 0.0760 e. The summed E-state index contributed by atoms with van der Waals surface area (Å²) in [7, 11) is 0. The molecule has 0 bridgehead atoms. The number of rotatable bonds is 9. The fourth-order valence-electron chi connectivity index (χ4n) is 6.06. The highest BCUT2D eigenvalue weighted by molar-refractivity contribution is 6.17. The highest BCUT2D eigenvalue weighted by atomic mass is 14.8. The molecule has 1 nitrogen and oxygen atoms in total. The van der Waals surface area contributed by atoms with Gasteiger partial charge in [-0.15, -0.1) is 0 Å². The largest absolute Gasteiger partial charge is 0.276 e. The van der Waals surface area contributed by atoms with E-state index in [4.69, 9.17) is 4.99 Å². The molecule has 1 unspecified atom stereocenters. The molecule has 0 amide bonds. The van der Waals surface area contributed by atoms with Crippen LogP contribution in [0.25, 0.3) is 39.5 Å². The summed E-state index contributed by atoms with van der Waals surface area (Å²) in [4.78, 5) is 5.22. The Morgan fingerprint density at radius 2 is 1.29 bits per heavy atom. The molecule has 0 radical (unpaired) electrons. The van der Waals surface area contributed by atoms with Crippen molar-refractivity contribution >= 4 is 11.8 Å². The second-order valence-electron chi connectivity index (χ2n) is 11.5. The topological polar surface area (TPSA) is 12.4 Å². The molecule has 0 N–H and O–H groups in total. The first-order valence-corrected chi connectivity index (χ1v) is 15.3. The standard InChI is InChI=1S/C41H39N/c1-5-8-11-29-16-20-32(21-17-29)35-24-34(31-18-14-28(4)15-19-31)25-36(26-35)33-22-23-38-39(27-33)41(42-40(38)7-3)37-13-10-9-12-30(37)6-2/h6,9-10,12-27,40H,2,5,7-8,11H2,1,3-4H3. The van der Waals surface area contributed by atoms with Crippen LogP contribution in [0.4, 0.5) is 0 Å². The van der Waals surface area contributed by atoms with Crippen LogP contribution in [0.5, 0.6) is 0 Å². The molecule has 1 atom stereocenters. The molecule has 0 saturated carbocycles. The van der Waals surface area contributed by atoms with Crippen LogP contribution in [-0.4, -0.2) is 5.71 Å². The first kappa shape index (κ1) is 27.7. The second-order valence-corrected chi connectivity index (χ2v) is 11.5. The van der Waals surface area contributed by atoms with E-state index in [1.165, 1.54) is 68.5 Å². The monoisotopic (exact) mass is 545 g/mol. The van der Waals surface area contributed by atoms with E-state index in [9.17, 15) is 0 Å². The number of benzene rings is 5. The first-order chi connectivity index (χ1) is 20.6. The van der Waals surface area contributed by atoms with Crippen molar-refractivity contribution in [3.63, 3.8) is 0 Å². The van der Waals surface area contributed by atoms with Crippen molar-refractivity contribution in [2.45, 2.75) is 52.5 Å².